The van der Waals surface area contributed by atoms with Gasteiger partial charge in [0.15, 0.2) is 0 Å². The summed E-state index contributed by atoms with van der Waals surface area (Å²) in [6.45, 7) is 2.63. The molecule has 7 heteroatoms. The summed E-state index contributed by atoms with van der Waals surface area (Å²) in [7, 11) is 1.66. The predicted molar refractivity (Wildman–Crippen MR) is 104 cm³/mol. The van der Waals surface area contributed by atoms with Crippen LogP contribution in [0.15, 0.2) is 36.5 Å². The van der Waals surface area contributed by atoms with Crippen LogP contribution in [0.3, 0.4) is 0 Å². The Balaban J connectivity index is 0.00000243. The van der Waals surface area contributed by atoms with Gasteiger partial charge in [-0.2, -0.15) is 5.10 Å². The van der Waals surface area contributed by atoms with E-state index in [1.807, 2.05) is 23.0 Å². The summed E-state index contributed by atoms with van der Waals surface area (Å²) in [6, 6.07) is 10.2. The summed E-state index contributed by atoms with van der Waals surface area (Å²) in [5.41, 5.74) is 1.74. The molecule has 6 nitrogen and oxygen atoms in total. The Kier molecular flexibility index (Phi) is 7.94. The molecule has 1 aliphatic rings. The monoisotopic (exact) mass is 378 g/mol. The molecule has 3 rings (SSSR count). The Morgan fingerprint density at radius 3 is 2.85 bits per heavy atom. The van der Waals surface area contributed by atoms with E-state index in [-0.39, 0.29) is 18.3 Å². The fraction of sp³-hybridized carbons (Fsp3) is 0.474. The number of methoxy groups -OCH3 is 1. The standard InChI is InChI=1S/C19H26N4O2.ClH/c1-25-17-8-6-15(7-9-17)4-2-12-21-19(24)18-10-13-23(22-18)16-5-3-11-20-14-16;/h6-10,13,16,20H,2-5,11-12,14H2,1H3,(H,21,24);1H. The quantitative estimate of drug-likeness (QED) is 0.727. The van der Waals surface area contributed by atoms with Crippen LogP contribution >= 0.6 is 12.4 Å². The van der Waals surface area contributed by atoms with Gasteiger partial charge in [-0.15, -0.1) is 12.4 Å². The lowest BCUT2D eigenvalue weighted by atomic mass is 10.1. The number of halogens is 1. The molecule has 0 aliphatic carbocycles. The molecule has 1 aromatic heterocycles. The average Bonchev–Trinajstić information content (AvgIpc) is 3.16. The Labute approximate surface area is 160 Å². The van der Waals surface area contributed by atoms with E-state index >= 15 is 0 Å². The first-order valence-electron chi connectivity index (χ1n) is 8.93. The fourth-order valence-corrected chi connectivity index (χ4v) is 3.10. The van der Waals surface area contributed by atoms with Gasteiger partial charge in [0.05, 0.1) is 13.2 Å². The van der Waals surface area contributed by atoms with Crippen molar-refractivity contribution in [2.75, 3.05) is 26.7 Å². The van der Waals surface area contributed by atoms with Crippen molar-refractivity contribution in [1.82, 2.24) is 20.4 Å². The van der Waals surface area contributed by atoms with E-state index in [0.717, 1.165) is 44.5 Å². The SMILES string of the molecule is COc1ccc(CCCNC(=O)c2ccn(C3CCCNC3)n2)cc1.Cl. The normalized spacial score (nSPS) is 16.6. The number of amides is 1. The van der Waals surface area contributed by atoms with Crippen molar-refractivity contribution in [2.24, 2.45) is 0 Å². The first-order valence-corrected chi connectivity index (χ1v) is 8.93. The minimum Gasteiger partial charge on any atom is -0.497 e. The molecule has 1 unspecified atom stereocenters. The lowest BCUT2D eigenvalue weighted by Crippen LogP contribution is -2.32. The van der Waals surface area contributed by atoms with E-state index in [9.17, 15) is 4.79 Å². The summed E-state index contributed by atoms with van der Waals surface area (Å²) in [5, 5.41) is 10.8. The van der Waals surface area contributed by atoms with Crippen LogP contribution in [0.25, 0.3) is 0 Å². The minimum atomic E-state index is -0.0998. The highest BCUT2D eigenvalue weighted by Crippen LogP contribution is 2.16. The van der Waals surface area contributed by atoms with E-state index in [1.165, 1.54) is 5.56 Å². The molecule has 1 fully saturated rings. The van der Waals surface area contributed by atoms with Crippen LogP contribution in [0.2, 0.25) is 0 Å². The molecule has 1 aliphatic heterocycles. The smallest absolute Gasteiger partial charge is 0.271 e. The lowest BCUT2D eigenvalue weighted by Gasteiger charge is -2.22. The summed E-state index contributed by atoms with van der Waals surface area (Å²) >= 11 is 0. The minimum absolute atomic E-state index is 0. The molecule has 26 heavy (non-hydrogen) atoms. The van der Waals surface area contributed by atoms with Crippen molar-refractivity contribution in [3.05, 3.63) is 47.8 Å². The molecule has 0 spiro atoms. The Bertz CT molecular complexity index is 681. The van der Waals surface area contributed by atoms with Gasteiger partial charge in [-0.1, -0.05) is 12.1 Å². The number of rotatable bonds is 7. The number of nitrogens with one attached hydrogen (secondary N) is 2. The highest BCUT2D eigenvalue weighted by atomic mass is 35.5. The van der Waals surface area contributed by atoms with E-state index in [1.54, 1.807) is 13.2 Å². The van der Waals surface area contributed by atoms with Crippen molar-refractivity contribution in [3.63, 3.8) is 0 Å². The van der Waals surface area contributed by atoms with Crippen LogP contribution in [0, 0.1) is 0 Å². The first-order chi connectivity index (χ1) is 12.3. The maximum absolute atomic E-state index is 12.2. The van der Waals surface area contributed by atoms with Gasteiger partial charge in [0, 0.05) is 19.3 Å². The third kappa shape index (κ3) is 5.47. The number of benzene rings is 1. The second kappa shape index (κ2) is 10.2. The van der Waals surface area contributed by atoms with E-state index in [4.69, 9.17) is 4.74 Å². The van der Waals surface area contributed by atoms with Crippen LogP contribution in [0.4, 0.5) is 0 Å². The van der Waals surface area contributed by atoms with Gasteiger partial charge in [-0.3, -0.25) is 9.48 Å². The van der Waals surface area contributed by atoms with E-state index < -0.39 is 0 Å². The molecule has 2 aromatic rings. The van der Waals surface area contributed by atoms with Crippen LogP contribution in [-0.4, -0.2) is 42.4 Å². The number of carbonyl (C=O) groups excluding carboxylic acids is 1. The van der Waals surface area contributed by atoms with Gasteiger partial charge in [0.1, 0.15) is 11.4 Å². The van der Waals surface area contributed by atoms with Crippen molar-refractivity contribution < 1.29 is 9.53 Å². The number of carbonyl (C=O) groups is 1. The third-order valence-corrected chi connectivity index (χ3v) is 4.57. The second-order valence-corrected chi connectivity index (χ2v) is 6.39. The van der Waals surface area contributed by atoms with Gasteiger partial charge >= 0.3 is 0 Å². The molecule has 1 saturated heterocycles. The average molecular weight is 379 g/mol. The zero-order valence-corrected chi connectivity index (χ0v) is 15.9. The predicted octanol–water partition coefficient (Wildman–Crippen LogP) is 2.60. The molecule has 0 radical (unpaired) electrons. The molecule has 2 N–H and O–H groups in total. The summed E-state index contributed by atoms with van der Waals surface area (Å²) in [4.78, 5) is 12.2. The van der Waals surface area contributed by atoms with Crippen LogP contribution < -0.4 is 15.4 Å². The summed E-state index contributed by atoms with van der Waals surface area (Å²) in [5.74, 6) is 0.762. The number of aromatic nitrogens is 2. The number of nitrogens with zero attached hydrogens (tertiary/aromatic N) is 2. The van der Waals surface area contributed by atoms with Crippen LogP contribution in [0.5, 0.6) is 5.75 Å². The van der Waals surface area contributed by atoms with Gasteiger partial charge in [0.25, 0.3) is 5.91 Å². The van der Waals surface area contributed by atoms with Gasteiger partial charge < -0.3 is 15.4 Å². The van der Waals surface area contributed by atoms with Gasteiger partial charge in [-0.05, 0) is 56.0 Å². The summed E-state index contributed by atoms with van der Waals surface area (Å²) in [6.07, 6.45) is 5.98. The molecule has 0 bridgehead atoms. The molecular formula is C19H27ClN4O2. The third-order valence-electron chi connectivity index (χ3n) is 4.57. The second-order valence-electron chi connectivity index (χ2n) is 6.39. The Hall–Kier alpha value is -2.05. The molecule has 142 valence electrons. The Morgan fingerprint density at radius 2 is 2.15 bits per heavy atom. The van der Waals surface area contributed by atoms with Crippen molar-refractivity contribution >= 4 is 18.3 Å². The molecule has 0 saturated carbocycles. The van der Waals surface area contributed by atoms with Gasteiger partial charge in [0.2, 0.25) is 0 Å². The number of aryl methyl sites for hydroxylation is 1. The van der Waals surface area contributed by atoms with Gasteiger partial charge in [-0.25, -0.2) is 0 Å². The number of hydrogen-bond donors (Lipinski definition) is 2. The first kappa shape index (κ1) is 20.3. The Morgan fingerprint density at radius 1 is 1.35 bits per heavy atom. The van der Waals surface area contributed by atoms with Crippen LogP contribution in [-0.2, 0) is 6.42 Å². The number of hydrogen-bond acceptors (Lipinski definition) is 4. The van der Waals surface area contributed by atoms with E-state index in [2.05, 4.69) is 27.9 Å². The molecule has 1 atom stereocenters. The van der Waals surface area contributed by atoms with Crippen molar-refractivity contribution in [2.45, 2.75) is 31.7 Å². The maximum Gasteiger partial charge on any atom is 0.271 e. The fourth-order valence-electron chi connectivity index (χ4n) is 3.10. The van der Waals surface area contributed by atoms with Crippen molar-refractivity contribution in [1.29, 1.82) is 0 Å². The molecule has 1 aromatic carbocycles. The van der Waals surface area contributed by atoms with Crippen molar-refractivity contribution in [3.8, 4) is 5.75 Å². The zero-order valence-electron chi connectivity index (χ0n) is 15.1. The zero-order chi connectivity index (χ0) is 17.5. The largest absolute Gasteiger partial charge is 0.497 e. The highest BCUT2D eigenvalue weighted by molar-refractivity contribution is 5.92. The molecule has 1 amide bonds. The lowest BCUT2D eigenvalue weighted by molar-refractivity contribution is 0.0947. The summed E-state index contributed by atoms with van der Waals surface area (Å²) < 4.78 is 7.07. The van der Waals surface area contributed by atoms with E-state index in [0.29, 0.717) is 18.3 Å². The highest BCUT2D eigenvalue weighted by Gasteiger charge is 2.17. The maximum atomic E-state index is 12.2. The number of ether oxygens (including phenoxy) is 1. The topological polar surface area (TPSA) is 68.2 Å². The molecule has 2 heterocycles. The number of piperidine rings is 1. The van der Waals surface area contributed by atoms with Crippen LogP contribution in [0.1, 0.15) is 41.4 Å². The molecular weight excluding hydrogens is 352 g/mol.